The third-order valence-electron chi connectivity index (χ3n) is 1.97. The number of rotatable bonds is 2. The zero-order valence-electron chi connectivity index (χ0n) is 6.81. The van der Waals surface area contributed by atoms with Crippen LogP contribution in [0.5, 0.6) is 0 Å². The van der Waals surface area contributed by atoms with Crippen molar-refractivity contribution in [3.8, 4) is 0 Å². The summed E-state index contributed by atoms with van der Waals surface area (Å²) < 4.78 is 7.16. The molecule has 1 aromatic heterocycles. The maximum Gasteiger partial charge on any atom is 0.165 e. The summed E-state index contributed by atoms with van der Waals surface area (Å²) in [4.78, 5) is 0. The number of nitrogens with zero attached hydrogens (tertiary/aromatic N) is 3. The van der Waals surface area contributed by atoms with E-state index in [1.54, 1.807) is 10.9 Å². The van der Waals surface area contributed by atoms with E-state index in [1.165, 1.54) is 0 Å². The van der Waals surface area contributed by atoms with Crippen molar-refractivity contribution in [1.82, 2.24) is 15.0 Å². The lowest BCUT2D eigenvalue weighted by atomic mass is 10.2. The number of anilines is 1. The Bertz CT molecular complexity index is 254. The van der Waals surface area contributed by atoms with E-state index in [4.69, 9.17) is 10.5 Å². The second-order valence-corrected chi connectivity index (χ2v) is 3.00. The number of hydrogen-bond acceptors (Lipinski definition) is 4. The minimum atomic E-state index is 0.297. The molecule has 0 saturated carbocycles. The Labute approximate surface area is 70.5 Å². The lowest BCUT2D eigenvalue weighted by Crippen LogP contribution is -2.15. The Balaban J connectivity index is 1.94. The van der Waals surface area contributed by atoms with Gasteiger partial charge in [-0.25, -0.2) is 4.68 Å². The second-order valence-electron chi connectivity index (χ2n) is 3.00. The zero-order valence-corrected chi connectivity index (χ0v) is 6.81. The summed E-state index contributed by atoms with van der Waals surface area (Å²) in [6.07, 6.45) is 4.28. The van der Waals surface area contributed by atoms with Crippen molar-refractivity contribution in [3.63, 3.8) is 0 Å². The van der Waals surface area contributed by atoms with Gasteiger partial charge >= 0.3 is 0 Å². The highest BCUT2D eigenvalue weighted by Crippen LogP contribution is 2.13. The number of aromatic nitrogens is 3. The molecule has 1 saturated heterocycles. The summed E-state index contributed by atoms with van der Waals surface area (Å²) in [7, 11) is 0. The Hall–Kier alpha value is -1.10. The van der Waals surface area contributed by atoms with Crippen LogP contribution in [-0.2, 0) is 11.3 Å². The zero-order chi connectivity index (χ0) is 8.39. The van der Waals surface area contributed by atoms with Crippen molar-refractivity contribution in [2.24, 2.45) is 0 Å². The van der Waals surface area contributed by atoms with Crippen LogP contribution in [0, 0.1) is 0 Å². The minimum Gasteiger partial charge on any atom is -0.381 e. The maximum absolute atomic E-state index is 5.44. The molecule has 5 nitrogen and oxygen atoms in total. The van der Waals surface area contributed by atoms with Crippen LogP contribution in [0.25, 0.3) is 0 Å². The highest BCUT2D eigenvalue weighted by Gasteiger charge is 2.16. The predicted octanol–water partition coefficient (Wildman–Crippen LogP) is 0.0393. The van der Waals surface area contributed by atoms with E-state index in [0.29, 0.717) is 11.9 Å². The molecule has 2 rings (SSSR count). The van der Waals surface area contributed by atoms with Crippen molar-refractivity contribution >= 4 is 5.82 Å². The Morgan fingerprint density at radius 1 is 1.75 bits per heavy atom. The standard InChI is InChI=1S/C7H12N4O/c8-7-5-11(10-9-7)4-6-2-1-3-12-6/h5-6H,1-4,8H2/t6-/m0/s1. The molecule has 12 heavy (non-hydrogen) atoms. The maximum atomic E-state index is 5.44. The average molecular weight is 168 g/mol. The fourth-order valence-electron chi connectivity index (χ4n) is 1.40. The summed E-state index contributed by atoms with van der Waals surface area (Å²) in [5.74, 6) is 0.466. The first kappa shape index (κ1) is 7.54. The number of nitrogens with two attached hydrogens (primary N) is 1. The number of hydrogen-bond donors (Lipinski definition) is 1. The first-order chi connectivity index (χ1) is 5.84. The molecule has 1 aromatic rings. The molecule has 0 spiro atoms. The van der Waals surface area contributed by atoms with Gasteiger partial charge < -0.3 is 10.5 Å². The van der Waals surface area contributed by atoms with Crippen LogP contribution in [0.4, 0.5) is 5.82 Å². The molecule has 1 fully saturated rings. The Morgan fingerprint density at radius 2 is 2.67 bits per heavy atom. The molecule has 5 heteroatoms. The van der Waals surface area contributed by atoms with Gasteiger partial charge in [0.05, 0.1) is 18.8 Å². The van der Waals surface area contributed by atoms with E-state index in [1.807, 2.05) is 0 Å². The van der Waals surface area contributed by atoms with E-state index in [0.717, 1.165) is 26.0 Å². The van der Waals surface area contributed by atoms with Gasteiger partial charge in [0.2, 0.25) is 0 Å². The first-order valence-electron chi connectivity index (χ1n) is 4.12. The lowest BCUT2D eigenvalue weighted by Gasteiger charge is -2.07. The van der Waals surface area contributed by atoms with Gasteiger partial charge in [0, 0.05) is 6.61 Å². The third kappa shape index (κ3) is 1.55. The lowest BCUT2D eigenvalue weighted by molar-refractivity contribution is 0.0935. The predicted molar refractivity (Wildman–Crippen MR) is 43.4 cm³/mol. The molecule has 1 atom stereocenters. The van der Waals surface area contributed by atoms with Gasteiger partial charge in [0.15, 0.2) is 5.82 Å². The quantitative estimate of drug-likeness (QED) is 0.677. The monoisotopic (exact) mass is 168 g/mol. The van der Waals surface area contributed by atoms with Gasteiger partial charge in [0.25, 0.3) is 0 Å². The van der Waals surface area contributed by atoms with Gasteiger partial charge in [0.1, 0.15) is 0 Å². The van der Waals surface area contributed by atoms with E-state index < -0.39 is 0 Å². The van der Waals surface area contributed by atoms with Crippen LogP contribution in [0.1, 0.15) is 12.8 Å². The molecule has 0 unspecified atom stereocenters. The summed E-state index contributed by atoms with van der Waals surface area (Å²) >= 11 is 0. The fourth-order valence-corrected chi connectivity index (χ4v) is 1.40. The molecule has 0 amide bonds. The van der Waals surface area contributed by atoms with Crippen molar-refractivity contribution in [2.75, 3.05) is 12.3 Å². The average Bonchev–Trinajstić information content (AvgIpc) is 2.63. The Morgan fingerprint density at radius 3 is 3.25 bits per heavy atom. The van der Waals surface area contributed by atoms with Gasteiger partial charge in [-0.3, -0.25) is 0 Å². The normalized spacial score (nSPS) is 23.2. The fraction of sp³-hybridized carbons (Fsp3) is 0.714. The highest BCUT2D eigenvalue weighted by molar-refractivity contribution is 5.19. The highest BCUT2D eigenvalue weighted by atomic mass is 16.5. The molecule has 0 bridgehead atoms. The smallest absolute Gasteiger partial charge is 0.165 e. The summed E-state index contributed by atoms with van der Waals surface area (Å²) in [6.45, 7) is 1.64. The minimum absolute atomic E-state index is 0.297. The molecular formula is C7H12N4O. The van der Waals surface area contributed by atoms with Crippen LogP contribution in [0.3, 0.4) is 0 Å². The van der Waals surface area contributed by atoms with Crippen LogP contribution in [0.15, 0.2) is 6.20 Å². The van der Waals surface area contributed by atoms with Crippen molar-refractivity contribution < 1.29 is 4.74 Å². The SMILES string of the molecule is Nc1cn(C[C@@H]2CCCO2)nn1. The molecular weight excluding hydrogens is 156 g/mol. The van der Waals surface area contributed by atoms with Gasteiger partial charge in [-0.1, -0.05) is 5.21 Å². The van der Waals surface area contributed by atoms with Crippen LogP contribution in [0.2, 0.25) is 0 Å². The summed E-state index contributed by atoms with van der Waals surface area (Å²) in [5.41, 5.74) is 5.42. The first-order valence-corrected chi connectivity index (χ1v) is 4.12. The summed E-state index contributed by atoms with van der Waals surface area (Å²) in [6, 6.07) is 0. The molecule has 0 aliphatic carbocycles. The molecule has 1 aliphatic heterocycles. The van der Waals surface area contributed by atoms with Crippen molar-refractivity contribution in [3.05, 3.63) is 6.20 Å². The summed E-state index contributed by atoms with van der Waals surface area (Å²) in [5, 5.41) is 7.53. The van der Waals surface area contributed by atoms with Gasteiger partial charge in [-0.15, -0.1) is 5.10 Å². The van der Waals surface area contributed by atoms with Gasteiger partial charge in [-0.05, 0) is 12.8 Å². The van der Waals surface area contributed by atoms with Crippen LogP contribution in [-0.4, -0.2) is 27.7 Å². The van der Waals surface area contributed by atoms with Gasteiger partial charge in [-0.2, -0.15) is 0 Å². The second kappa shape index (κ2) is 3.10. The third-order valence-corrected chi connectivity index (χ3v) is 1.97. The molecule has 1 aliphatic rings. The molecule has 2 N–H and O–H groups in total. The van der Waals surface area contributed by atoms with Crippen LogP contribution < -0.4 is 5.73 Å². The molecule has 0 radical (unpaired) electrons. The van der Waals surface area contributed by atoms with E-state index in [-0.39, 0.29) is 0 Å². The molecule has 66 valence electrons. The van der Waals surface area contributed by atoms with E-state index >= 15 is 0 Å². The van der Waals surface area contributed by atoms with Crippen molar-refractivity contribution in [2.45, 2.75) is 25.5 Å². The topological polar surface area (TPSA) is 66.0 Å². The molecule has 2 heterocycles. The molecule has 0 aromatic carbocycles. The van der Waals surface area contributed by atoms with Crippen LogP contribution >= 0.6 is 0 Å². The largest absolute Gasteiger partial charge is 0.381 e. The van der Waals surface area contributed by atoms with Crippen molar-refractivity contribution in [1.29, 1.82) is 0 Å². The number of nitrogen functional groups attached to an aromatic ring is 1. The van der Waals surface area contributed by atoms with E-state index in [9.17, 15) is 0 Å². The Kier molecular flexibility index (Phi) is 1.95. The number of ether oxygens (including phenoxy) is 1. The van der Waals surface area contributed by atoms with E-state index in [2.05, 4.69) is 10.3 Å².